The zero-order valence-electron chi connectivity index (χ0n) is 8.83. The summed E-state index contributed by atoms with van der Waals surface area (Å²) in [6.45, 7) is 2.17. The summed E-state index contributed by atoms with van der Waals surface area (Å²) in [4.78, 5) is 0. The van der Waals surface area contributed by atoms with E-state index in [1.165, 1.54) is 0 Å². The predicted octanol–water partition coefficient (Wildman–Crippen LogP) is 0.853. The molecule has 0 aromatic heterocycles. The van der Waals surface area contributed by atoms with Crippen LogP contribution in [-0.4, -0.2) is 21.5 Å². The molecule has 0 aliphatic heterocycles. The molecule has 0 bridgehead atoms. The van der Waals surface area contributed by atoms with Crippen molar-refractivity contribution in [2.45, 2.75) is 6.92 Å². The highest BCUT2D eigenvalue weighted by molar-refractivity contribution is 7.90. The maximum Gasteiger partial charge on any atom is 0.299 e. The second-order valence-electron chi connectivity index (χ2n) is 3.20. The number of benzene rings is 1. The number of halogens is 1. The number of nitrogens with one attached hydrogen (secondary N) is 2. The van der Waals surface area contributed by atoms with Gasteiger partial charge in [-0.25, -0.2) is 0 Å². The monoisotopic (exact) mass is 263 g/mol. The van der Waals surface area contributed by atoms with Crippen LogP contribution in [0.2, 0.25) is 5.02 Å². The van der Waals surface area contributed by atoms with Crippen molar-refractivity contribution in [1.82, 2.24) is 4.72 Å². The van der Waals surface area contributed by atoms with Crippen LogP contribution < -0.4 is 15.2 Å². The van der Waals surface area contributed by atoms with Gasteiger partial charge in [0.25, 0.3) is 10.2 Å². The van der Waals surface area contributed by atoms with Crippen LogP contribution in [0, 0.1) is 6.92 Å². The zero-order chi connectivity index (χ0) is 12.2. The fourth-order valence-corrected chi connectivity index (χ4v) is 2.24. The van der Waals surface area contributed by atoms with Gasteiger partial charge in [0.05, 0.1) is 5.69 Å². The quantitative estimate of drug-likeness (QED) is 0.736. The number of hydrogen-bond acceptors (Lipinski definition) is 3. The molecule has 0 radical (unpaired) electrons. The van der Waals surface area contributed by atoms with Gasteiger partial charge in [-0.05, 0) is 24.6 Å². The van der Waals surface area contributed by atoms with Gasteiger partial charge in [-0.2, -0.15) is 13.1 Å². The Kier molecular flexibility index (Phi) is 4.55. The average Bonchev–Trinajstić information content (AvgIpc) is 2.22. The summed E-state index contributed by atoms with van der Waals surface area (Å²) < 4.78 is 27.7. The second-order valence-corrected chi connectivity index (χ2v) is 5.11. The molecule has 16 heavy (non-hydrogen) atoms. The van der Waals surface area contributed by atoms with Gasteiger partial charge in [0.15, 0.2) is 0 Å². The van der Waals surface area contributed by atoms with Crippen molar-refractivity contribution in [2.75, 3.05) is 17.8 Å². The van der Waals surface area contributed by atoms with E-state index in [1.54, 1.807) is 25.1 Å². The van der Waals surface area contributed by atoms with E-state index in [2.05, 4.69) is 9.44 Å². The summed E-state index contributed by atoms with van der Waals surface area (Å²) in [5.41, 5.74) is 6.35. The Balaban J connectivity index is 2.84. The minimum atomic E-state index is -3.57. The number of hydrogen-bond donors (Lipinski definition) is 3. The minimum absolute atomic E-state index is 0.189. The molecule has 1 aromatic rings. The van der Waals surface area contributed by atoms with Crippen LogP contribution in [0.4, 0.5) is 5.69 Å². The van der Waals surface area contributed by atoms with Crippen LogP contribution in [0.3, 0.4) is 0 Å². The van der Waals surface area contributed by atoms with Gasteiger partial charge in [-0.3, -0.25) is 4.72 Å². The van der Waals surface area contributed by atoms with Gasteiger partial charge in [-0.15, -0.1) is 0 Å². The molecule has 0 fully saturated rings. The van der Waals surface area contributed by atoms with Crippen molar-refractivity contribution in [3.63, 3.8) is 0 Å². The summed E-state index contributed by atoms with van der Waals surface area (Å²) in [5.74, 6) is 0. The summed E-state index contributed by atoms with van der Waals surface area (Å²) >= 11 is 5.87. The van der Waals surface area contributed by atoms with E-state index >= 15 is 0 Å². The van der Waals surface area contributed by atoms with Gasteiger partial charge >= 0.3 is 0 Å². The first-order chi connectivity index (χ1) is 7.46. The van der Waals surface area contributed by atoms with Gasteiger partial charge in [-0.1, -0.05) is 17.7 Å². The standard InChI is InChI=1S/C9H14ClN3O2S/c1-7-8(10)3-2-4-9(7)13-16(14,15)12-6-5-11/h2-4,12-13H,5-6,11H2,1H3. The molecule has 0 saturated heterocycles. The zero-order valence-corrected chi connectivity index (χ0v) is 10.4. The lowest BCUT2D eigenvalue weighted by Gasteiger charge is -2.11. The highest BCUT2D eigenvalue weighted by atomic mass is 35.5. The van der Waals surface area contributed by atoms with E-state index < -0.39 is 10.2 Å². The largest absolute Gasteiger partial charge is 0.329 e. The molecule has 0 spiro atoms. The Morgan fingerprint density at radius 2 is 2.12 bits per heavy atom. The first-order valence-electron chi connectivity index (χ1n) is 4.69. The average molecular weight is 264 g/mol. The molecule has 1 rings (SSSR count). The van der Waals surface area contributed by atoms with Crippen molar-refractivity contribution in [1.29, 1.82) is 0 Å². The Hall–Kier alpha value is -0.820. The summed E-state index contributed by atoms with van der Waals surface area (Å²) in [6.07, 6.45) is 0. The third-order valence-corrected chi connectivity index (χ3v) is 3.43. The van der Waals surface area contributed by atoms with Crippen LogP contribution in [0.15, 0.2) is 18.2 Å². The number of nitrogens with two attached hydrogens (primary N) is 1. The molecule has 0 unspecified atom stereocenters. The van der Waals surface area contributed by atoms with E-state index in [0.717, 1.165) is 0 Å². The first-order valence-corrected chi connectivity index (χ1v) is 6.55. The van der Waals surface area contributed by atoms with E-state index in [1.807, 2.05) is 0 Å². The van der Waals surface area contributed by atoms with Crippen LogP contribution in [0.1, 0.15) is 5.56 Å². The lowest BCUT2D eigenvalue weighted by Crippen LogP contribution is -2.34. The van der Waals surface area contributed by atoms with Crippen LogP contribution in [0.25, 0.3) is 0 Å². The van der Waals surface area contributed by atoms with Crippen molar-refractivity contribution < 1.29 is 8.42 Å². The van der Waals surface area contributed by atoms with Crippen molar-refractivity contribution in [2.24, 2.45) is 5.73 Å². The first kappa shape index (κ1) is 13.2. The van der Waals surface area contributed by atoms with Gasteiger partial charge < -0.3 is 5.73 Å². The molecule has 7 heteroatoms. The normalized spacial score (nSPS) is 11.4. The van der Waals surface area contributed by atoms with E-state index in [0.29, 0.717) is 16.3 Å². The van der Waals surface area contributed by atoms with Gasteiger partial charge in [0, 0.05) is 18.1 Å². The number of anilines is 1. The Morgan fingerprint density at radius 1 is 1.44 bits per heavy atom. The van der Waals surface area contributed by atoms with Gasteiger partial charge in [0.2, 0.25) is 0 Å². The number of rotatable bonds is 5. The Labute approximate surface area is 100 Å². The summed E-state index contributed by atoms with van der Waals surface area (Å²) in [7, 11) is -3.57. The topological polar surface area (TPSA) is 84.2 Å². The predicted molar refractivity (Wildman–Crippen MR) is 65.8 cm³/mol. The van der Waals surface area contributed by atoms with Crippen molar-refractivity contribution >= 4 is 27.5 Å². The third-order valence-electron chi connectivity index (χ3n) is 1.95. The van der Waals surface area contributed by atoms with Crippen molar-refractivity contribution in [3.05, 3.63) is 28.8 Å². The molecule has 0 aliphatic rings. The van der Waals surface area contributed by atoms with Crippen LogP contribution in [-0.2, 0) is 10.2 Å². The summed E-state index contributed by atoms with van der Waals surface area (Å²) in [6, 6.07) is 5.01. The van der Waals surface area contributed by atoms with Gasteiger partial charge in [0.1, 0.15) is 0 Å². The molecule has 5 nitrogen and oxygen atoms in total. The van der Waals surface area contributed by atoms with Crippen LogP contribution >= 0.6 is 11.6 Å². The fourth-order valence-electron chi connectivity index (χ4n) is 1.09. The molecule has 0 heterocycles. The lowest BCUT2D eigenvalue weighted by molar-refractivity contribution is 0.587. The SMILES string of the molecule is Cc1c(Cl)cccc1NS(=O)(=O)NCCN. The maximum absolute atomic E-state index is 11.5. The molecule has 0 aliphatic carbocycles. The molecule has 90 valence electrons. The minimum Gasteiger partial charge on any atom is -0.329 e. The highest BCUT2D eigenvalue weighted by Crippen LogP contribution is 2.23. The highest BCUT2D eigenvalue weighted by Gasteiger charge is 2.11. The molecule has 0 saturated carbocycles. The summed E-state index contributed by atoms with van der Waals surface area (Å²) in [5, 5.41) is 0.513. The third kappa shape index (κ3) is 3.64. The smallest absolute Gasteiger partial charge is 0.299 e. The van der Waals surface area contributed by atoms with E-state index in [-0.39, 0.29) is 13.1 Å². The fraction of sp³-hybridized carbons (Fsp3) is 0.333. The van der Waals surface area contributed by atoms with E-state index in [9.17, 15) is 8.42 Å². The molecular formula is C9H14ClN3O2S. The van der Waals surface area contributed by atoms with E-state index in [4.69, 9.17) is 17.3 Å². The maximum atomic E-state index is 11.5. The molecule has 1 aromatic carbocycles. The lowest BCUT2D eigenvalue weighted by atomic mass is 10.2. The molecule has 0 atom stereocenters. The van der Waals surface area contributed by atoms with Crippen LogP contribution in [0.5, 0.6) is 0 Å². The molecular weight excluding hydrogens is 250 g/mol. The second kappa shape index (κ2) is 5.49. The van der Waals surface area contributed by atoms with Crippen molar-refractivity contribution in [3.8, 4) is 0 Å². The Bertz CT molecular complexity index is 462. The molecule has 4 N–H and O–H groups in total. The Morgan fingerprint density at radius 3 is 2.75 bits per heavy atom. The molecule has 0 amide bonds.